The van der Waals surface area contributed by atoms with Gasteiger partial charge in [0.25, 0.3) is 0 Å². The van der Waals surface area contributed by atoms with Crippen LogP contribution in [-0.4, -0.2) is 35.4 Å². The molecule has 0 saturated carbocycles. The molecule has 27 heavy (non-hydrogen) atoms. The lowest BCUT2D eigenvalue weighted by atomic mass is 9.93. The van der Waals surface area contributed by atoms with Crippen LogP contribution in [0.25, 0.3) is 0 Å². The predicted molar refractivity (Wildman–Crippen MR) is 100 cm³/mol. The van der Waals surface area contributed by atoms with Crippen LogP contribution in [0.1, 0.15) is 35.7 Å². The molecule has 0 fully saturated rings. The zero-order valence-corrected chi connectivity index (χ0v) is 15.6. The van der Waals surface area contributed by atoms with Crippen molar-refractivity contribution in [2.75, 3.05) is 13.7 Å². The Morgan fingerprint density at radius 2 is 2.04 bits per heavy atom. The first-order valence-corrected chi connectivity index (χ1v) is 9.01. The Morgan fingerprint density at radius 1 is 1.26 bits per heavy atom. The van der Waals surface area contributed by atoms with E-state index in [4.69, 9.17) is 4.74 Å². The van der Waals surface area contributed by atoms with Crippen LogP contribution in [0.5, 0.6) is 5.75 Å². The molecule has 1 aliphatic carbocycles. The highest BCUT2D eigenvalue weighted by Crippen LogP contribution is 2.28. The molecule has 0 radical (unpaired) electrons. The van der Waals surface area contributed by atoms with Gasteiger partial charge in [0, 0.05) is 24.8 Å². The van der Waals surface area contributed by atoms with Crippen molar-refractivity contribution < 1.29 is 14.3 Å². The number of carbonyl (C=O) groups is 2. The fourth-order valence-electron chi connectivity index (χ4n) is 3.23. The average molecular weight is 371 g/mol. The molecule has 2 aromatic rings. The Kier molecular flexibility index (Phi) is 5.95. The van der Waals surface area contributed by atoms with Crippen molar-refractivity contribution in [3.63, 3.8) is 0 Å². The minimum atomic E-state index is -0.351. The summed E-state index contributed by atoms with van der Waals surface area (Å²) in [5.74, 6) is 0.523. The van der Waals surface area contributed by atoms with Crippen molar-refractivity contribution in [1.29, 1.82) is 0 Å². The van der Waals surface area contributed by atoms with E-state index in [1.165, 1.54) is 0 Å². The number of carbonyl (C=O) groups excluding carboxylic acids is 2. The van der Waals surface area contributed by atoms with Gasteiger partial charge in [0.2, 0.25) is 5.91 Å². The van der Waals surface area contributed by atoms with Gasteiger partial charge < -0.3 is 20.7 Å². The number of nitrogens with one attached hydrogen (secondary N) is 3. The van der Waals surface area contributed by atoms with Gasteiger partial charge in [-0.25, -0.2) is 4.79 Å². The molecule has 0 spiro atoms. The zero-order valence-electron chi connectivity index (χ0n) is 15.6. The molecule has 0 bridgehead atoms. The summed E-state index contributed by atoms with van der Waals surface area (Å²) in [6, 6.07) is 7.02. The Hall–Kier alpha value is -3.03. The quantitative estimate of drug-likeness (QED) is 0.715. The largest absolute Gasteiger partial charge is 0.497 e. The number of aromatic nitrogens is 2. The SMILES string of the molecule is COc1ccc(CNC(=O)CNC(=O)NC2CCCc3c2cnn3C)cc1. The topological polar surface area (TPSA) is 97.3 Å². The number of ether oxygens (including phenoxy) is 1. The summed E-state index contributed by atoms with van der Waals surface area (Å²) in [5.41, 5.74) is 3.17. The molecule has 1 aromatic heterocycles. The fourth-order valence-corrected chi connectivity index (χ4v) is 3.23. The maximum absolute atomic E-state index is 12.1. The van der Waals surface area contributed by atoms with Crippen molar-refractivity contribution in [2.45, 2.75) is 31.8 Å². The highest BCUT2D eigenvalue weighted by Gasteiger charge is 2.24. The van der Waals surface area contributed by atoms with Crippen LogP contribution in [0, 0.1) is 0 Å². The van der Waals surface area contributed by atoms with E-state index in [1.54, 1.807) is 13.3 Å². The summed E-state index contributed by atoms with van der Waals surface area (Å²) < 4.78 is 6.95. The first-order chi connectivity index (χ1) is 13.1. The molecule has 1 unspecified atom stereocenters. The first-order valence-electron chi connectivity index (χ1n) is 9.01. The van der Waals surface area contributed by atoms with Crippen LogP contribution < -0.4 is 20.7 Å². The molecule has 3 amide bonds. The summed E-state index contributed by atoms with van der Waals surface area (Å²) >= 11 is 0. The number of rotatable bonds is 6. The van der Waals surface area contributed by atoms with Crippen LogP contribution in [0.2, 0.25) is 0 Å². The molecule has 0 saturated heterocycles. The van der Waals surface area contributed by atoms with Crippen LogP contribution in [0.3, 0.4) is 0 Å². The molecule has 8 nitrogen and oxygen atoms in total. The van der Waals surface area contributed by atoms with Crippen LogP contribution in [-0.2, 0) is 24.8 Å². The van der Waals surface area contributed by atoms with Gasteiger partial charge >= 0.3 is 6.03 Å². The number of aryl methyl sites for hydroxylation is 1. The molecule has 3 N–H and O–H groups in total. The lowest BCUT2D eigenvalue weighted by molar-refractivity contribution is -0.120. The van der Waals surface area contributed by atoms with E-state index in [9.17, 15) is 9.59 Å². The summed E-state index contributed by atoms with van der Waals surface area (Å²) in [7, 11) is 3.52. The Bertz CT molecular complexity index is 800. The number of urea groups is 1. The van der Waals surface area contributed by atoms with E-state index in [0.29, 0.717) is 6.54 Å². The highest BCUT2D eigenvalue weighted by atomic mass is 16.5. The number of hydrogen-bond donors (Lipinski definition) is 3. The number of benzene rings is 1. The third-order valence-electron chi connectivity index (χ3n) is 4.74. The number of hydrogen-bond acceptors (Lipinski definition) is 4. The lowest BCUT2D eigenvalue weighted by Gasteiger charge is -2.23. The van der Waals surface area contributed by atoms with E-state index in [2.05, 4.69) is 21.0 Å². The maximum Gasteiger partial charge on any atom is 0.315 e. The zero-order chi connectivity index (χ0) is 19.2. The van der Waals surface area contributed by atoms with Gasteiger partial charge in [0.05, 0.1) is 25.9 Å². The third-order valence-corrected chi connectivity index (χ3v) is 4.74. The van der Waals surface area contributed by atoms with Crippen LogP contribution in [0.4, 0.5) is 4.79 Å². The molecule has 8 heteroatoms. The second-order valence-electron chi connectivity index (χ2n) is 6.57. The van der Waals surface area contributed by atoms with Crippen molar-refractivity contribution in [3.8, 4) is 5.75 Å². The maximum atomic E-state index is 12.1. The third kappa shape index (κ3) is 4.78. The second-order valence-corrected chi connectivity index (χ2v) is 6.57. The second kappa shape index (κ2) is 8.57. The molecular weight excluding hydrogens is 346 g/mol. The van der Waals surface area contributed by atoms with E-state index in [0.717, 1.165) is 41.8 Å². The monoisotopic (exact) mass is 371 g/mol. The van der Waals surface area contributed by atoms with E-state index in [-0.39, 0.29) is 24.5 Å². The number of nitrogens with zero attached hydrogens (tertiary/aromatic N) is 2. The van der Waals surface area contributed by atoms with E-state index < -0.39 is 0 Å². The lowest BCUT2D eigenvalue weighted by Crippen LogP contribution is -2.43. The molecule has 144 valence electrons. The normalized spacial score (nSPS) is 15.6. The summed E-state index contributed by atoms with van der Waals surface area (Å²) in [4.78, 5) is 24.1. The Labute approximate surface area is 158 Å². The number of fused-ring (bicyclic) bond motifs is 1. The van der Waals surface area contributed by atoms with Gasteiger partial charge in [-0.3, -0.25) is 9.48 Å². The Balaban J connectivity index is 1.42. The standard InChI is InChI=1S/C19H25N5O3/c1-24-17-5-3-4-16(15(17)11-22-24)23-19(26)21-12-18(25)20-10-13-6-8-14(27-2)9-7-13/h6-9,11,16H,3-5,10,12H2,1-2H3,(H,20,25)(H2,21,23,26). The minimum absolute atomic E-state index is 0.0650. The summed E-state index contributed by atoms with van der Waals surface area (Å²) in [6.07, 6.45) is 4.65. The van der Waals surface area contributed by atoms with Gasteiger partial charge in [0.15, 0.2) is 0 Å². The number of amides is 3. The van der Waals surface area contributed by atoms with Crippen molar-refractivity contribution in [1.82, 2.24) is 25.7 Å². The van der Waals surface area contributed by atoms with Gasteiger partial charge in [-0.15, -0.1) is 0 Å². The van der Waals surface area contributed by atoms with E-state index >= 15 is 0 Å². The molecule has 1 aliphatic rings. The first kappa shape index (κ1) is 18.8. The molecule has 1 atom stereocenters. The molecule has 0 aliphatic heterocycles. The van der Waals surface area contributed by atoms with Crippen LogP contribution in [0.15, 0.2) is 30.5 Å². The van der Waals surface area contributed by atoms with Gasteiger partial charge in [-0.1, -0.05) is 12.1 Å². The van der Waals surface area contributed by atoms with Crippen LogP contribution >= 0.6 is 0 Å². The van der Waals surface area contributed by atoms with Gasteiger partial charge in [-0.05, 0) is 37.0 Å². The Morgan fingerprint density at radius 3 is 2.78 bits per heavy atom. The fraction of sp³-hybridized carbons (Fsp3) is 0.421. The average Bonchev–Trinajstić information content (AvgIpc) is 3.07. The van der Waals surface area contributed by atoms with Crippen molar-refractivity contribution >= 4 is 11.9 Å². The van der Waals surface area contributed by atoms with Crippen molar-refractivity contribution in [3.05, 3.63) is 47.3 Å². The van der Waals surface area contributed by atoms with E-state index in [1.807, 2.05) is 36.0 Å². The van der Waals surface area contributed by atoms with Crippen molar-refractivity contribution in [2.24, 2.45) is 7.05 Å². The molecule has 3 rings (SSSR count). The molecular formula is C19H25N5O3. The van der Waals surface area contributed by atoms with Gasteiger partial charge in [-0.2, -0.15) is 5.10 Å². The summed E-state index contributed by atoms with van der Waals surface area (Å²) in [6.45, 7) is 0.322. The predicted octanol–water partition coefficient (Wildman–Crippen LogP) is 1.42. The van der Waals surface area contributed by atoms with Gasteiger partial charge in [0.1, 0.15) is 5.75 Å². The summed E-state index contributed by atoms with van der Waals surface area (Å²) in [5, 5.41) is 12.6. The number of methoxy groups -OCH3 is 1. The smallest absolute Gasteiger partial charge is 0.315 e. The molecule has 1 aromatic carbocycles. The minimum Gasteiger partial charge on any atom is -0.497 e. The highest BCUT2D eigenvalue weighted by molar-refractivity contribution is 5.84. The molecule has 1 heterocycles.